The fourth-order valence-electron chi connectivity index (χ4n) is 3.31. The van der Waals surface area contributed by atoms with Crippen LogP contribution in [0.1, 0.15) is 49.4 Å². The molecule has 5 nitrogen and oxygen atoms in total. The van der Waals surface area contributed by atoms with E-state index in [1.54, 1.807) is 24.3 Å². The van der Waals surface area contributed by atoms with Crippen molar-refractivity contribution in [3.63, 3.8) is 0 Å². The maximum atomic E-state index is 13.1. The Kier molecular flexibility index (Phi) is 7.24. The first-order valence-electron chi connectivity index (χ1n) is 9.61. The molecule has 0 radical (unpaired) electrons. The third-order valence-electron chi connectivity index (χ3n) is 5.00. The van der Waals surface area contributed by atoms with Gasteiger partial charge in [0, 0.05) is 0 Å². The fourth-order valence-corrected chi connectivity index (χ4v) is 4.52. The van der Waals surface area contributed by atoms with E-state index in [-0.39, 0.29) is 11.9 Å². The zero-order chi connectivity index (χ0) is 20.9. The average Bonchev–Trinajstić information content (AvgIpc) is 2.65. The molecule has 0 aliphatic heterocycles. The summed E-state index contributed by atoms with van der Waals surface area (Å²) >= 11 is 0. The summed E-state index contributed by atoms with van der Waals surface area (Å²) in [5.74, 6) is -0.290. The van der Waals surface area contributed by atoms with Gasteiger partial charge in [-0.1, -0.05) is 50.2 Å². The predicted molar refractivity (Wildman–Crippen MR) is 115 cm³/mol. The third-order valence-corrected chi connectivity index (χ3v) is 6.18. The minimum Gasteiger partial charge on any atom is -0.347 e. The number of nitrogens with one attached hydrogen (secondary N) is 1. The van der Waals surface area contributed by atoms with Crippen LogP contribution < -0.4 is 9.62 Å². The van der Waals surface area contributed by atoms with Crippen molar-refractivity contribution in [1.82, 2.24) is 5.32 Å². The molecule has 0 unspecified atom stereocenters. The molecule has 28 heavy (non-hydrogen) atoms. The van der Waals surface area contributed by atoms with E-state index in [9.17, 15) is 13.2 Å². The second-order valence-corrected chi connectivity index (χ2v) is 8.99. The van der Waals surface area contributed by atoms with Crippen molar-refractivity contribution in [1.29, 1.82) is 0 Å². The van der Waals surface area contributed by atoms with Gasteiger partial charge < -0.3 is 5.32 Å². The van der Waals surface area contributed by atoms with E-state index in [1.165, 1.54) is 15.4 Å². The van der Waals surface area contributed by atoms with Crippen molar-refractivity contribution in [3.05, 3.63) is 65.2 Å². The van der Waals surface area contributed by atoms with E-state index in [1.807, 2.05) is 39.0 Å². The number of amides is 1. The monoisotopic (exact) mass is 402 g/mol. The highest BCUT2D eigenvalue weighted by Crippen LogP contribution is 2.24. The van der Waals surface area contributed by atoms with Gasteiger partial charge in [0.05, 0.1) is 18.0 Å². The number of carbonyl (C=O) groups is 1. The van der Waals surface area contributed by atoms with Gasteiger partial charge in [0.15, 0.2) is 0 Å². The smallest absolute Gasteiger partial charge is 0.244 e. The Morgan fingerprint density at radius 3 is 2.14 bits per heavy atom. The highest BCUT2D eigenvalue weighted by atomic mass is 32.2. The Labute approximate surface area is 168 Å². The summed E-state index contributed by atoms with van der Waals surface area (Å²) in [5, 5.41) is 3.06. The van der Waals surface area contributed by atoms with E-state index in [4.69, 9.17) is 0 Å². The maximum absolute atomic E-state index is 13.1. The van der Waals surface area contributed by atoms with Gasteiger partial charge in [-0.15, -0.1) is 0 Å². The molecule has 0 aromatic heterocycles. The molecule has 0 spiro atoms. The number of carbonyl (C=O) groups excluding carboxylic acids is 1. The number of anilines is 1. The normalized spacial score (nSPS) is 13.6. The molecule has 1 N–H and O–H groups in total. The van der Waals surface area contributed by atoms with Gasteiger partial charge >= 0.3 is 0 Å². The van der Waals surface area contributed by atoms with E-state index in [0.29, 0.717) is 12.1 Å². The van der Waals surface area contributed by atoms with Crippen LogP contribution in [0.5, 0.6) is 0 Å². The van der Waals surface area contributed by atoms with Crippen LogP contribution in [0.25, 0.3) is 0 Å². The predicted octanol–water partition coefficient (Wildman–Crippen LogP) is 4.12. The summed E-state index contributed by atoms with van der Waals surface area (Å²) in [6.07, 6.45) is 2.22. The lowest BCUT2D eigenvalue weighted by Gasteiger charge is -2.31. The van der Waals surface area contributed by atoms with Crippen LogP contribution in [0.3, 0.4) is 0 Å². The van der Waals surface area contributed by atoms with Gasteiger partial charge in [-0.05, 0) is 55.5 Å². The molecule has 0 heterocycles. The lowest BCUT2D eigenvalue weighted by Crippen LogP contribution is -2.50. The van der Waals surface area contributed by atoms with Crippen molar-refractivity contribution in [3.8, 4) is 0 Å². The molecule has 6 heteroatoms. The van der Waals surface area contributed by atoms with Crippen LogP contribution in [0, 0.1) is 13.8 Å². The van der Waals surface area contributed by atoms with Crippen LogP contribution in [0.2, 0.25) is 0 Å². The number of benzene rings is 2. The molecule has 0 saturated carbocycles. The van der Waals surface area contributed by atoms with Gasteiger partial charge in [-0.3, -0.25) is 9.10 Å². The number of nitrogens with zero attached hydrogens (tertiary/aromatic N) is 1. The number of para-hydroxylation sites is 1. The molecule has 2 aromatic rings. The van der Waals surface area contributed by atoms with Crippen LogP contribution >= 0.6 is 0 Å². The highest BCUT2D eigenvalue weighted by molar-refractivity contribution is 7.92. The molecule has 2 rings (SSSR count). The highest BCUT2D eigenvalue weighted by Gasteiger charge is 2.32. The molecule has 0 aliphatic carbocycles. The van der Waals surface area contributed by atoms with Crippen molar-refractivity contribution < 1.29 is 13.2 Å². The molecule has 0 bridgehead atoms. The lowest BCUT2D eigenvalue weighted by molar-refractivity contribution is -0.123. The van der Waals surface area contributed by atoms with E-state index >= 15 is 0 Å². The summed E-state index contributed by atoms with van der Waals surface area (Å²) in [6, 6.07) is 13.9. The molecule has 152 valence electrons. The van der Waals surface area contributed by atoms with Crippen molar-refractivity contribution in [2.45, 2.75) is 52.6 Å². The quantitative estimate of drug-likeness (QED) is 0.722. The van der Waals surface area contributed by atoms with Gasteiger partial charge in [-0.2, -0.15) is 0 Å². The average molecular weight is 403 g/mol. The summed E-state index contributed by atoms with van der Waals surface area (Å²) in [5.41, 5.74) is 3.88. The summed E-state index contributed by atoms with van der Waals surface area (Å²) < 4.78 is 26.2. The minimum atomic E-state index is -3.62. The van der Waals surface area contributed by atoms with Crippen molar-refractivity contribution in [2.75, 3.05) is 10.6 Å². The fraction of sp³-hybridized carbons (Fsp3) is 0.409. The molecular formula is C22H30N2O3S. The SMILES string of the molecule is CC[C@H](C(=O)N[C@H](CC)c1ccc(C)c(C)c1)N(c1ccccc1)S(C)(=O)=O. The van der Waals surface area contributed by atoms with E-state index < -0.39 is 16.1 Å². The Bertz CT molecular complexity index is 911. The van der Waals surface area contributed by atoms with Gasteiger partial charge in [0.25, 0.3) is 0 Å². The molecule has 2 atom stereocenters. The largest absolute Gasteiger partial charge is 0.347 e. The number of rotatable bonds is 8. The maximum Gasteiger partial charge on any atom is 0.244 e. The molecule has 2 aromatic carbocycles. The second-order valence-electron chi connectivity index (χ2n) is 7.13. The molecular weight excluding hydrogens is 372 g/mol. The number of sulfonamides is 1. The molecule has 0 aliphatic rings. The number of hydrogen-bond acceptors (Lipinski definition) is 3. The van der Waals surface area contributed by atoms with Gasteiger partial charge in [0.1, 0.15) is 6.04 Å². The second kappa shape index (κ2) is 9.24. The third kappa shape index (κ3) is 5.13. The van der Waals surface area contributed by atoms with Crippen LogP contribution in [0.15, 0.2) is 48.5 Å². The van der Waals surface area contributed by atoms with Gasteiger partial charge in [-0.25, -0.2) is 8.42 Å². The van der Waals surface area contributed by atoms with E-state index in [0.717, 1.165) is 18.2 Å². The number of aryl methyl sites for hydroxylation is 2. The lowest BCUT2D eigenvalue weighted by atomic mass is 9.99. The van der Waals surface area contributed by atoms with Crippen LogP contribution in [-0.4, -0.2) is 26.6 Å². The van der Waals surface area contributed by atoms with Gasteiger partial charge in [0.2, 0.25) is 15.9 Å². The van der Waals surface area contributed by atoms with Crippen LogP contribution in [-0.2, 0) is 14.8 Å². The van der Waals surface area contributed by atoms with E-state index in [2.05, 4.69) is 18.3 Å². The first-order chi connectivity index (χ1) is 13.2. The molecule has 1 amide bonds. The van der Waals surface area contributed by atoms with Crippen molar-refractivity contribution in [2.24, 2.45) is 0 Å². The molecule has 0 saturated heterocycles. The van der Waals surface area contributed by atoms with Crippen LogP contribution in [0.4, 0.5) is 5.69 Å². The zero-order valence-electron chi connectivity index (χ0n) is 17.3. The Balaban J connectivity index is 2.33. The molecule has 0 fully saturated rings. The Morgan fingerprint density at radius 1 is 1.00 bits per heavy atom. The van der Waals surface area contributed by atoms with Crippen molar-refractivity contribution >= 4 is 21.6 Å². The zero-order valence-corrected chi connectivity index (χ0v) is 18.1. The Morgan fingerprint density at radius 2 is 1.64 bits per heavy atom. The standard InChI is InChI=1S/C22H30N2O3S/c1-6-20(18-14-13-16(3)17(4)15-18)23-22(25)21(7-2)24(28(5,26)27)19-11-9-8-10-12-19/h8-15,20-21H,6-7H2,1-5H3,(H,23,25)/t20-,21-/m1/s1. The minimum absolute atomic E-state index is 0.168. The summed E-state index contributed by atoms with van der Waals surface area (Å²) in [6.45, 7) is 7.92. The first kappa shape index (κ1) is 22.0. The topological polar surface area (TPSA) is 66.5 Å². The summed E-state index contributed by atoms with van der Waals surface area (Å²) in [4.78, 5) is 13.1. The first-order valence-corrected chi connectivity index (χ1v) is 11.5. The summed E-state index contributed by atoms with van der Waals surface area (Å²) in [7, 11) is -3.62. The Hall–Kier alpha value is -2.34. The number of hydrogen-bond donors (Lipinski definition) is 1.